The van der Waals surface area contributed by atoms with Crippen LogP contribution < -0.4 is 14.8 Å². The molecule has 0 aromatic heterocycles. The molecule has 0 radical (unpaired) electrons. The van der Waals surface area contributed by atoms with E-state index in [9.17, 15) is 5.11 Å². The predicted molar refractivity (Wildman–Crippen MR) is 61.7 cm³/mol. The van der Waals surface area contributed by atoms with E-state index in [1.54, 1.807) is 21.1 Å². The summed E-state index contributed by atoms with van der Waals surface area (Å²) < 4.78 is 10.4. The zero-order chi connectivity index (χ0) is 12.0. The SMILES string of the molecule is COc1ccc(OC)c(C[NH2+]C[C@H](C)O)c1. The van der Waals surface area contributed by atoms with E-state index in [-0.39, 0.29) is 6.10 Å². The molecule has 0 fully saturated rings. The van der Waals surface area contributed by atoms with E-state index >= 15 is 0 Å². The van der Waals surface area contributed by atoms with Crippen LogP contribution in [-0.4, -0.2) is 32.0 Å². The number of hydrogen-bond acceptors (Lipinski definition) is 3. The van der Waals surface area contributed by atoms with Crippen LogP contribution in [0.3, 0.4) is 0 Å². The van der Waals surface area contributed by atoms with Crippen LogP contribution in [0, 0.1) is 0 Å². The van der Waals surface area contributed by atoms with Crippen molar-refractivity contribution in [1.82, 2.24) is 0 Å². The molecule has 0 spiro atoms. The maximum Gasteiger partial charge on any atom is 0.127 e. The first-order chi connectivity index (χ1) is 7.67. The van der Waals surface area contributed by atoms with E-state index in [2.05, 4.69) is 0 Å². The number of hydrogen-bond donors (Lipinski definition) is 2. The molecule has 1 aromatic rings. The van der Waals surface area contributed by atoms with Crippen molar-refractivity contribution < 1.29 is 19.9 Å². The fourth-order valence-corrected chi connectivity index (χ4v) is 1.52. The molecule has 0 aliphatic carbocycles. The van der Waals surface area contributed by atoms with Crippen molar-refractivity contribution in [1.29, 1.82) is 0 Å². The Morgan fingerprint density at radius 2 is 2.06 bits per heavy atom. The topological polar surface area (TPSA) is 55.3 Å². The van der Waals surface area contributed by atoms with Gasteiger partial charge in [-0.15, -0.1) is 0 Å². The summed E-state index contributed by atoms with van der Waals surface area (Å²) in [4.78, 5) is 0. The second kappa shape index (κ2) is 6.35. The van der Waals surface area contributed by atoms with Crippen LogP contribution in [0.1, 0.15) is 12.5 Å². The van der Waals surface area contributed by atoms with Crippen LogP contribution in [0.2, 0.25) is 0 Å². The van der Waals surface area contributed by atoms with Crippen LogP contribution >= 0.6 is 0 Å². The Kier molecular flexibility index (Phi) is 5.08. The molecular weight excluding hydrogens is 206 g/mol. The molecule has 0 amide bonds. The lowest BCUT2D eigenvalue weighted by molar-refractivity contribution is -0.676. The van der Waals surface area contributed by atoms with Crippen molar-refractivity contribution >= 4 is 0 Å². The Balaban J connectivity index is 2.67. The first-order valence-corrected chi connectivity index (χ1v) is 5.38. The van der Waals surface area contributed by atoms with Crippen molar-refractivity contribution in [3.63, 3.8) is 0 Å². The van der Waals surface area contributed by atoms with E-state index in [4.69, 9.17) is 9.47 Å². The first-order valence-electron chi connectivity index (χ1n) is 5.38. The molecule has 0 unspecified atom stereocenters. The van der Waals surface area contributed by atoms with Gasteiger partial charge >= 0.3 is 0 Å². The van der Waals surface area contributed by atoms with E-state index < -0.39 is 0 Å². The van der Waals surface area contributed by atoms with Crippen molar-refractivity contribution in [3.05, 3.63) is 23.8 Å². The standard InChI is InChI=1S/C12H19NO3/c1-9(14)7-13-8-10-6-11(15-2)4-5-12(10)16-3/h4-6,9,13-14H,7-8H2,1-3H3/p+1/t9-/m0/s1. The summed E-state index contributed by atoms with van der Waals surface area (Å²) in [5, 5.41) is 11.2. The van der Waals surface area contributed by atoms with Gasteiger partial charge in [0.1, 0.15) is 24.6 Å². The van der Waals surface area contributed by atoms with Gasteiger partial charge in [-0.2, -0.15) is 0 Å². The number of nitrogens with two attached hydrogens (primary N) is 1. The van der Waals surface area contributed by atoms with Gasteiger partial charge in [-0.05, 0) is 25.1 Å². The highest BCUT2D eigenvalue weighted by Gasteiger charge is 2.07. The van der Waals surface area contributed by atoms with Gasteiger partial charge < -0.3 is 19.9 Å². The molecule has 0 bridgehead atoms. The lowest BCUT2D eigenvalue weighted by Gasteiger charge is -2.10. The number of aliphatic hydroxyl groups is 1. The third-order valence-corrected chi connectivity index (χ3v) is 2.36. The highest BCUT2D eigenvalue weighted by Crippen LogP contribution is 2.22. The molecule has 1 atom stereocenters. The van der Waals surface area contributed by atoms with E-state index in [0.29, 0.717) is 6.54 Å². The number of ether oxygens (including phenoxy) is 2. The minimum Gasteiger partial charge on any atom is -0.497 e. The second-order valence-corrected chi connectivity index (χ2v) is 3.76. The van der Waals surface area contributed by atoms with E-state index in [0.717, 1.165) is 23.6 Å². The summed E-state index contributed by atoms with van der Waals surface area (Å²) in [6, 6.07) is 5.72. The fourth-order valence-electron chi connectivity index (χ4n) is 1.52. The lowest BCUT2D eigenvalue weighted by atomic mass is 10.2. The fraction of sp³-hybridized carbons (Fsp3) is 0.500. The summed E-state index contributed by atoms with van der Waals surface area (Å²) in [5.41, 5.74) is 1.07. The quantitative estimate of drug-likeness (QED) is 0.726. The summed E-state index contributed by atoms with van der Waals surface area (Å²) in [6.45, 7) is 3.23. The zero-order valence-corrected chi connectivity index (χ0v) is 10.1. The summed E-state index contributed by atoms with van der Waals surface area (Å²) >= 11 is 0. The van der Waals surface area contributed by atoms with Gasteiger partial charge in [0.2, 0.25) is 0 Å². The largest absolute Gasteiger partial charge is 0.497 e. The average Bonchev–Trinajstić information content (AvgIpc) is 2.28. The molecule has 0 aliphatic rings. The summed E-state index contributed by atoms with van der Waals surface area (Å²) in [5.74, 6) is 1.67. The van der Waals surface area contributed by atoms with Gasteiger partial charge in [-0.1, -0.05) is 0 Å². The van der Waals surface area contributed by atoms with Crippen LogP contribution in [0.25, 0.3) is 0 Å². The normalized spacial score (nSPS) is 12.2. The Morgan fingerprint density at radius 3 is 2.62 bits per heavy atom. The van der Waals surface area contributed by atoms with Crippen molar-refractivity contribution in [3.8, 4) is 11.5 Å². The molecule has 0 aliphatic heterocycles. The van der Waals surface area contributed by atoms with E-state index in [1.807, 2.05) is 23.5 Å². The molecule has 3 N–H and O–H groups in total. The maximum absolute atomic E-state index is 9.17. The van der Waals surface area contributed by atoms with E-state index in [1.165, 1.54) is 0 Å². The minimum absolute atomic E-state index is 0.295. The van der Waals surface area contributed by atoms with Crippen LogP contribution in [-0.2, 0) is 6.54 Å². The first kappa shape index (κ1) is 12.8. The number of benzene rings is 1. The summed E-state index contributed by atoms with van der Waals surface area (Å²) in [6.07, 6.45) is -0.295. The number of rotatable bonds is 6. The van der Waals surface area contributed by atoms with Gasteiger partial charge in [-0.3, -0.25) is 0 Å². The third-order valence-electron chi connectivity index (χ3n) is 2.36. The Labute approximate surface area is 96.2 Å². The molecule has 0 saturated heterocycles. The highest BCUT2D eigenvalue weighted by molar-refractivity contribution is 5.39. The Hall–Kier alpha value is -1.26. The molecular formula is C12H20NO3+. The van der Waals surface area contributed by atoms with Crippen LogP contribution in [0.4, 0.5) is 0 Å². The molecule has 4 nitrogen and oxygen atoms in total. The van der Waals surface area contributed by atoms with Crippen molar-refractivity contribution in [2.24, 2.45) is 0 Å². The average molecular weight is 226 g/mol. The Bertz CT molecular complexity index is 326. The van der Waals surface area contributed by atoms with Crippen molar-refractivity contribution in [2.75, 3.05) is 20.8 Å². The van der Waals surface area contributed by atoms with Crippen LogP contribution in [0.15, 0.2) is 18.2 Å². The zero-order valence-electron chi connectivity index (χ0n) is 10.1. The molecule has 90 valence electrons. The maximum atomic E-state index is 9.17. The molecule has 16 heavy (non-hydrogen) atoms. The van der Waals surface area contributed by atoms with Gasteiger partial charge in [0, 0.05) is 0 Å². The smallest absolute Gasteiger partial charge is 0.127 e. The Morgan fingerprint density at radius 1 is 1.31 bits per heavy atom. The minimum atomic E-state index is -0.295. The van der Waals surface area contributed by atoms with Crippen LogP contribution in [0.5, 0.6) is 11.5 Å². The molecule has 1 rings (SSSR count). The molecule has 1 aromatic carbocycles. The third kappa shape index (κ3) is 3.72. The lowest BCUT2D eigenvalue weighted by Crippen LogP contribution is -2.84. The molecule has 4 heteroatoms. The number of methoxy groups -OCH3 is 2. The number of aliphatic hydroxyl groups excluding tert-OH is 1. The molecule has 0 saturated carbocycles. The molecule has 0 heterocycles. The predicted octanol–water partition coefficient (Wildman–Crippen LogP) is 0.148. The second-order valence-electron chi connectivity index (χ2n) is 3.76. The van der Waals surface area contributed by atoms with Gasteiger partial charge in [0.05, 0.1) is 25.9 Å². The summed E-state index contributed by atoms with van der Waals surface area (Å²) in [7, 11) is 3.30. The van der Waals surface area contributed by atoms with Gasteiger partial charge in [-0.25, -0.2) is 0 Å². The van der Waals surface area contributed by atoms with Crippen molar-refractivity contribution in [2.45, 2.75) is 19.6 Å². The highest BCUT2D eigenvalue weighted by atomic mass is 16.5. The number of quaternary nitrogens is 1. The van der Waals surface area contributed by atoms with Gasteiger partial charge in [0.15, 0.2) is 0 Å². The van der Waals surface area contributed by atoms with Gasteiger partial charge in [0.25, 0.3) is 0 Å². The monoisotopic (exact) mass is 226 g/mol.